The van der Waals surface area contributed by atoms with E-state index >= 15 is 0 Å². The maximum atomic E-state index is 11.7. The van der Waals surface area contributed by atoms with Crippen molar-refractivity contribution >= 4 is 5.91 Å². The quantitative estimate of drug-likeness (QED) is 0.563. The third kappa shape index (κ3) is 4.97. The van der Waals surface area contributed by atoms with Crippen molar-refractivity contribution in [2.24, 2.45) is 0 Å². The van der Waals surface area contributed by atoms with E-state index in [9.17, 15) is 4.79 Å². The Labute approximate surface area is 101 Å². The Morgan fingerprint density at radius 1 is 1.47 bits per heavy atom. The molecule has 1 aromatic rings. The fourth-order valence-corrected chi connectivity index (χ4v) is 1.36. The molecule has 0 radical (unpaired) electrons. The Morgan fingerprint density at radius 2 is 2.24 bits per heavy atom. The summed E-state index contributed by atoms with van der Waals surface area (Å²) in [5.74, 6) is -0.0625. The summed E-state index contributed by atoms with van der Waals surface area (Å²) < 4.78 is 1.61. The van der Waals surface area contributed by atoms with Crippen LogP contribution in [0.4, 0.5) is 0 Å². The van der Waals surface area contributed by atoms with Crippen LogP contribution < -0.4 is 10.6 Å². The molecule has 0 aliphatic rings. The molecule has 2 unspecified atom stereocenters. The van der Waals surface area contributed by atoms with Crippen molar-refractivity contribution in [1.82, 2.24) is 20.4 Å². The maximum Gasteiger partial charge on any atom is 0.244 e. The molecule has 1 amide bonds. The molecule has 0 aliphatic carbocycles. The van der Waals surface area contributed by atoms with Crippen molar-refractivity contribution in [3.05, 3.63) is 18.5 Å². The van der Waals surface area contributed by atoms with Crippen molar-refractivity contribution < 1.29 is 9.90 Å². The number of rotatable bonds is 7. The smallest absolute Gasteiger partial charge is 0.244 e. The summed E-state index contributed by atoms with van der Waals surface area (Å²) in [6.07, 6.45) is 3.04. The van der Waals surface area contributed by atoms with E-state index in [0.717, 1.165) is 0 Å². The van der Waals surface area contributed by atoms with Gasteiger partial charge < -0.3 is 15.7 Å². The molecule has 0 saturated heterocycles. The molecular formula is C11H20N4O2. The van der Waals surface area contributed by atoms with Crippen LogP contribution in [0.5, 0.6) is 0 Å². The second-order valence-corrected chi connectivity index (χ2v) is 4.01. The normalized spacial score (nSPS) is 14.3. The van der Waals surface area contributed by atoms with Crippen LogP contribution >= 0.6 is 0 Å². The lowest BCUT2D eigenvalue weighted by molar-refractivity contribution is -0.124. The van der Waals surface area contributed by atoms with Gasteiger partial charge in [-0.15, -0.1) is 0 Å². The first kappa shape index (κ1) is 13.7. The van der Waals surface area contributed by atoms with Crippen LogP contribution in [0.3, 0.4) is 0 Å². The zero-order valence-electron chi connectivity index (χ0n) is 10.3. The summed E-state index contributed by atoms with van der Waals surface area (Å²) in [4.78, 5) is 11.7. The van der Waals surface area contributed by atoms with Crippen molar-refractivity contribution in [2.75, 3.05) is 19.6 Å². The first-order valence-corrected chi connectivity index (χ1v) is 5.77. The summed E-state index contributed by atoms with van der Waals surface area (Å²) in [6.45, 7) is 5.22. The second-order valence-electron chi connectivity index (χ2n) is 4.01. The number of carbonyl (C=O) groups is 1. The molecule has 6 heteroatoms. The van der Waals surface area contributed by atoms with Gasteiger partial charge in [0.2, 0.25) is 5.91 Å². The average Bonchev–Trinajstić information content (AvgIpc) is 2.80. The molecule has 1 heterocycles. The number of nitrogens with zero attached hydrogens (tertiary/aromatic N) is 2. The van der Waals surface area contributed by atoms with Crippen LogP contribution in [0.25, 0.3) is 0 Å². The monoisotopic (exact) mass is 240 g/mol. The van der Waals surface area contributed by atoms with Gasteiger partial charge in [-0.3, -0.25) is 9.48 Å². The molecule has 0 bridgehead atoms. The van der Waals surface area contributed by atoms with Gasteiger partial charge in [-0.2, -0.15) is 5.10 Å². The summed E-state index contributed by atoms with van der Waals surface area (Å²) in [6, 6.07) is 1.48. The molecule has 96 valence electrons. The highest BCUT2D eigenvalue weighted by atomic mass is 16.3. The largest absolute Gasteiger partial charge is 0.392 e. The van der Waals surface area contributed by atoms with E-state index in [0.29, 0.717) is 19.6 Å². The topological polar surface area (TPSA) is 79.2 Å². The minimum absolute atomic E-state index is 0.0625. The van der Waals surface area contributed by atoms with Crippen LogP contribution in [0, 0.1) is 0 Å². The number of hydrogen-bond acceptors (Lipinski definition) is 4. The lowest BCUT2D eigenvalue weighted by Crippen LogP contribution is -2.37. The molecule has 3 N–H and O–H groups in total. The lowest BCUT2D eigenvalue weighted by Gasteiger charge is -2.13. The van der Waals surface area contributed by atoms with E-state index in [4.69, 9.17) is 5.11 Å². The highest BCUT2D eigenvalue weighted by molar-refractivity contribution is 5.79. The van der Waals surface area contributed by atoms with Gasteiger partial charge in [0.05, 0.1) is 6.10 Å². The summed E-state index contributed by atoms with van der Waals surface area (Å²) in [5.41, 5.74) is 0. The minimum Gasteiger partial charge on any atom is -0.392 e. The van der Waals surface area contributed by atoms with Crippen molar-refractivity contribution in [3.63, 3.8) is 0 Å². The molecular weight excluding hydrogens is 220 g/mol. The number of carbonyl (C=O) groups excluding carboxylic acids is 1. The fraction of sp³-hybridized carbons (Fsp3) is 0.636. The van der Waals surface area contributed by atoms with Gasteiger partial charge in [-0.25, -0.2) is 0 Å². The van der Waals surface area contributed by atoms with Crippen molar-refractivity contribution in [1.29, 1.82) is 0 Å². The Hall–Kier alpha value is -1.40. The maximum absolute atomic E-state index is 11.7. The number of aliphatic hydroxyl groups excluding tert-OH is 1. The van der Waals surface area contributed by atoms with Gasteiger partial charge in [-0.1, -0.05) is 0 Å². The molecule has 17 heavy (non-hydrogen) atoms. The van der Waals surface area contributed by atoms with E-state index in [1.807, 2.05) is 0 Å². The van der Waals surface area contributed by atoms with Crippen LogP contribution in [-0.4, -0.2) is 46.5 Å². The average molecular weight is 240 g/mol. The van der Waals surface area contributed by atoms with Gasteiger partial charge in [-0.05, 0) is 19.9 Å². The van der Waals surface area contributed by atoms with E-state index in [-0.39, 0.29) is 18.1 Å². The van der Waals surface area contributed by atoms with Gasteiger partial charge in [0.25, 0.3) is 0 Å². The van der Waals surface area contributed by atoms with Crippen LogP contribution in [0.1, 0.15) is 19.9 Å². The third-order valence-corrected chi connectivity index (χ3v) is 2.34. The molecule has 1 aromatic heterocycles. The zero-order chi connectivity index (χ0) is 12.7. The minimum atomic E-state index is -0.367. The Bertz CT molecular complexity index is 324. The Balaban J connectivity index is 2.17. The Morgan fingerprint density at radius 3 is 2.82 bits per heavy atom. The van der Waals surface area contributed by atoms with Gasteiger partial charge in [0, 0.05) is 32.0 Å². The van der Waals surface area contributed by atoms with E-state index in [1.54, 1.807) is 37.0 Å². The summed E-state index contributed by atoms with van der Waals surface area (Å²) in [5, 5.41) is 18.9. The molecule has 6 nitrogen and oxygen atoms in total. The van der Waals surface area contributed by atoms with Crippen molar-refractivity contribution in [3.8, 4) is 0 Å². The second kappa shape index (κ2) is 7.03. The predicted molar refractivity (Wildman–Crippen MR) is 64.5 cm³/mol. The molecule has 2 atom stereocenters. The van der Waals surface area contributed by atoms with Gasteiger partial charge >= 0.3 is 0 Å². The first-order chi connectivity index (χ1) is 8.11. The standard InChI is InChI=1S/C11H20N4O2/c1-9(16)8-12-5-6-13-11(17)10(2)15-7-3-4-14-15/h3-4,7,9-10,12,16H,5-6,8H2,1-2H3,(H,13,17). The highest BCUT2D eigenvalue weighted by Gasteiger charge is 2.13. The molecule has 0 aromatic carbocycles. The van der Waals surface area contributed by atoms with Crippen molar-refractivity contribution in [2.45, 2.75) is 26.0 Å². The number of hydrogen-bond donors (Lipinski definition) is 3. The molecule has 0 saturated carbocycles. The molecule has 0 aliphatic heterocycles. The zero-order valence-corrected chi connectivity index (χ0v) is 10.3. The van der Waals surface area contributed by atoms with E-state index in [2.05, 4.69) is 15.7 Å². The van der Waals surface area contributed by atoms with Crippen LogP contribution in [-0.2, 0) is 4.79 Å². The highest BCUT2D eigenvalue weighted by Crippen LogP contribution is 2.01. The number of amides is 1. The van der Waals surface area contributed by atoms with Crippen LogP contribution in [0.15, 0.2) is 18.5 Å². The Kier molecular flexibility index (Phi) is 5.65. The predicted octanol–water partition coefficient (Wildman–Crippen LogP) is -0.469. The van der Waals surface area contributed by atoms with Gasteiger partial charge in [0.15, 0.2) is 0 Å². The lowest BCUT2D eigenvalue weighted by atomic mass is 10.3. The molecule has 1 rings (SSSR count). The third-order valence-electron chi connectivity index (χ3n) is 2.34. The van der Waals surface area contributed by atoms with E-state index in [1.165, 1.54) is 0 Å². The first-order valence-electron chi connectivity index (χ1n) is 5.77. The molecule has 0 spiro atoms. The van der Waals surface area contributed by atoms with Crippen LogP contribution in [0.2, 0.25) is 0 Å². The summed E-state index contributed by atoms with van der Waals surface area (Å²) >= 11 is 0. The number of nitrogens with one attached hydrogen (secondary N) is 2. The van der Waals surface area contributed by atoms with Gasteiger partial charge in [0.1, 0.15) is 6.04 Å². The summed E-state index contributed by atoms with van der Waals surface area (Å²) in [7, 11) is 0. The number of aliphatic hydroxyl groups is 1. The molecule has 0 fully saturated rings. The van der Waals surface area contributed by atoms with E-state index < -0.39 is 0 Å². The number of aromatic nitrogens is 2. The SMILES string of the molecule is CC(O)CNCCNC(=O)C(C)n1cccn1. The fourth-order valence-electron chi connectivity index (χ4n) is 1.36.